The maximum Gasteiger partial charge on any atom is 0.419 e. The van der Waals surface area contributed by atoms with Crippen LogP contribution in [-0.4, -0.2) is 16.4 Å². The smallest absolute Gasteiger partial charge is 0.371 e. The molecule has 1 aliphatic carbocycles. The molecule has 3 rings (SSSR count). The fourth-order valence-corrected chi connectivity index (χ4v) is 2.87. The highest BCUT2D eigenvalue weighted by molar-refractivity contribution is 6.00. The molecular weight excluding hydrogens is 364 g/mol. The first-order valence-electron chi connectivity index (χ1n) is 8.06. The molecule has 1 heterocycles. The van der Waals surface area contributed by atoms with Gasteiger partial charge in [0.05, 0.1) is 17.4 Å². The van der Waals surface area contributed by atoms with Crippen molar-refractivity contribution in [3.05, 3.63) is 53.6 Å². The summed E-state index contributed by atoms with van der Waals surface area (Å²) in [6.07, 6.45) is -2.13. The van der Waals surface area contributed by atoms with Crippen LogP contribution in [0.25, 0.3) is 0 Å². The molecule has 2 aromatic rings. The third-order valence-corrected chi connectivity index (χ3v) is 4.41. The highest BCUT2D eigenvalue weighted by atomic mass is 19.4. The number of nitriles is 1. The summed E-state index contributed by atoms with van der Waals surface area (Å²) in [6.45, 7) is 0. The largest absolute Gasteiger partial charge is 0.419 e. The number of hydrogen-bond donors (Lipinski definition) is 2. The molecule has 0 bridgehead atoms. The van der Waals surface area contributed by atoms with Gasteiger partial charge in [-0.25, -0.2) is 9.37 Å². The highest BCUT2D eigenvalue weighted by Gasteiger charge is 2.44. The summed E-state index contributed by atoms with van der Waals surface area (Å²) in [5.74, 6) is -1.02. The van der Waals surface area contributed by atoms with Gasteiger partial charge in [-0.2, -0.15) is 18.4 Å². The van der Waals surface area contributed by atoms with E-state index in [2.05, 4.69) is 15.6 Å². The van der Waals surface area contributed by atoms with Gasteiger partial charge in [0.2, 0.25) is 5.91 Å². The molecule has 140 valence electrons. The van der Waals surface area contributed by atoms with E-state index in [1.807, 2.05) is 0 Å². The zero-order chi connectivity index (χ0) is 19.7. The minimum absolute atomic E-state index is 0.168. The standard InChI is InChI=1S/C18H14F4N4O/c19-11-3-1-4-12(7-11)26-17(5-2-6-17)16(27)25-13-8-14(18(20,21)22)15(9-23)24-10-13/h1,3-4,7-8,10,26H,2,5-6H2,(H,25,27). The minimum atomic E-state index is -4.77. The molecule has 0 aliphatic heterocycles. The number of hydrogen-bond acceptors (Lipinski definition) is 4. The Hall–Kier alpha value is -3.15. The Morgan fingerprint density at radius 1 is 1.22 bits per heavy atom. The molecule has 1 aliphatic rings. The van der Waals surface area contributed by atoms with E-state index in [0.717, 1.165) is 12.6 Å². The maximum atomic E-state index is 13.4. The third-order valence-electron chi connectivity index (χ3n) is 4.41. The molecule has 1 fully saturated rings. The van der Waals surface area contributed by atoms with E-state index in [9.17, 15) is 22.4 Å². The van der Waals surface area contributed by atoms with Crippen LogP contribution in [0, 0.1) is 17.1 Å². The zero-order valence-corrected chi connectivity index (χ0v) is 13.9. The first kappa shape index (κ1) is 18.6. The predicted molar refractivity (Wildman–Crippen MR) is 89.2 cm³/mol. The van der Waals surface area contributed by atoms with Crippen molar-refractivity contribution in [3.8, 4) is 6.07 Å². The molecule has 9 heteroatoms. The van der Waals surface area contributed by atoms with Crippen LogP contribution in [0.1, 0.15) is 30.5 Å². The molecule has 1 amide bonds. The Morgan fingerprint density at radius 3 is 2.52 bits per heavy atom. The van der Waals surface area contributed by atoms with E-state index in [4.69, 9.17) is 5.26 Å². The van der Waals surface area contributed by atoms with Crippen molar-refractivity contribution < 1.29 is 22.4 Å². The molecule has 27 heavy (non-hydrogen) atoms. The molecule has 1 aromatic carbocycles. The highest BCUT2D eigenvalue weighted by Crippen LogP contribution is 2.37. The van der Waals surface area contributed by atoms with E-state index >= 15 is 0 Å². The average molecular weight is 378 g/mol. The number of carbonyl (C=O) groups excluding carboxylic acids is 1. The van der Waals surface area contributed by atoms with Gasteiger partial charge in [0.15, 0.2) is 5.69 Å². The molecular formula is C18H14F4N4O. The lowest BCUT2D eigenvalue weighted by Crippen LogP contribution is -2.54. The van der Waals surface area contributed by atoms with Gasteiger partial charge >= 0.3 is 6.18 Å². The SMILES string of the molecule is N#Cc1ncc(NC(=O)C2(Nc3cccc(F)c3)CCC2)cc1C(F)(F)F. The quantitative estimate of drug-likeness (QED) is 0.786. The summed E-state index contributed by atoms with van der Waals surface area (Å²) >= 11 is 0. The lowest BCUT2D eigenvalue weighted by molar-refractivity contribution is -0.138. The topological polar surface area (TPSA) is 77.8 Å². The van der Waals surface area contributed by atoms with E-state index in [1.54, 1.807) is 6.07 Å². The Bertz CT molecular complexity index is 916. The second-order valence-corrected chi connectivity index (χ2v) is 6.25. The first-order valence-corrected chi connectivity index (χ1v) is 8.06. The molecule has 0 unspecified atom stereocenters. The third kappa shape index (κ3) is 3.84. The number of amides is 1. The molecule has 5 nitrogen and oxygen atoms in total. The Labute approximate surface area is 152 Å². The second kappa shape index (κ2) is 6.87. The number of carbonyl (C=O) groups is 1. The van der Waals surface area contributed by atoms with Crippen molar-refractivity contribution >= 4 is 17.3 Å². The van der Waals surface area contributed by atoms with Crippen molar-refractivity contribution in [2.45, 2.75) is 31.0 Å². The summed E-state index contributed by atoms with van der Waals surface area (Å²) in [5.41, 5.74) is -2.79. The zero-order valence-electron chi connectivity index (χ0n) is 13.9. The lowest BCUT2D eigenvalue weighted by Gasteiger charge is -2.41. The normalized spacial score (nSPS) is 15.4. The van der Waals surface area contributed by atoms with Gasteiger partial charge in [-0.15, -0.1) is 0 Å². The van der Waals surface area contributed by atoms with Gasteiger partial charge in [0.1, 0.15) is 17.4 Å². The van der Waals surface area contributed by atoms with Crippen LogP contribution in [-0.2, 0) is 11.0 Å². The van der Waals surface area contributed by atoms with Crippen molar-refractivity contribution in [1.82, 2.24) is 4.98 Å². The van der Waals surface area contributed by atoms with E-state index in [0.29, 0.717) is 24.6 Å². The lowest BCUT2D eigenvalue weighted by atomic mass is 9.75. The van der Waals surface area contributed by atoms with Gasteiger partial charge in [-0.05, 0) is 43.5 Å². The molecule has 0 atom stereocenters. The average Bonchev–Trinajstić information content (AvgIpc) is 2.57. The fraction of sp³-hybridized carbons (Fsp3) is 0.278. The van der Waals surface area contributed by atoms with Crippen LogP contribution in [0.2, 0.25) is 0 Å². The van der Waals surface area contributed by atoms with Gasteiger partial charge in [-0.1, -0.05) is 6.07 Å². The van der Waals surface area contributed by atoms with Crippen LogP contribution in [0.5, 0.6) is 0 Å². The summed E-state index contributed by atoms with van der Waals surface area (Å²) in [6, 6.07) is 7.65. The fourth-order valence-electron chi connectivity index (χ4n) is 2.87. The van der Waals surface area contributed by atoms with Gasteiger partial charge in [0.25, 0.3) is 0 Å². The predicted octanol–water partition coefficient (Wildman–Crippen LogP) is 4.08. The number of rotatable bonds is 4. The van der Waals surface area contributed by atoms with Crippen molar-refractivity contribution in [3.63, 3.8) is 0 Å². The molecule has 0 spiro atoms. The summed E-state index contributed by atoms with van der Waals surface area (Å²) in [4.78, 5) is 16.2. The van der Waals surface area contributed by atoms with Gasteiger partial charge in [0, 0.05) is 5.69 Å². The molecule has 2 N–H and O–H groups in total. The molecule has 0 saturated heterocycles. The van der Waals surface area contributed by atoms with Crippen molar-refractivity contribution in [2.24, 2.45) is 0 Å². The number of nitrogens with one attached hydrogen (secondary N) is 2. The number of aromatic nitrogens is 1. The summed E-state index contributed by atoms with van der Waals surface area (Å²) in [5, 5.41) is 14.2. The number of alkyl halides is 3. The molecule has 0 radical (unpaired) electrons. The second-order valence-electron chi connectivity index (χ2n) is 6.25. The molecule has 1 aromatic heterocycles. The van der Waals surface area contributed by atoms with Crippen LogP contribution >= 0.6 is 0 Å². The number of halogens is 4. The van der Waals surface area contributed by atoms with Crippen LogP contribution in [0.4, 0.5) is 28.9 Å². The van der Waals surface area contributed by atoms with Gasteiger partial charge in [-0.3, -0.25) is 4.79 Å². The Kier molecular flexibility index (Phi) is 4.74. The number of pyridine rings is 1. The van der Waals surface area contributed by atoms with Crippen molar-refractivity contribution in [1.29, 1.82) is 5.26 Å². The van der Waals surface area contributed by atoms with E-state index in [1.165, 1.54) is 24.3 Å². The maximum absolute atomic E-state index is 13.4. The number of benzene rings is 1. The van der Waals surface area contributed by atoms with Crippen LogP contribution < -0.4 is 10.6 Å². The summed E-state index contributed by atoms with van der Waals surface area (Å²) in [7, 11) is 0. The Morgan fingerprint density at radius 2 is 1.96 bits per heavy atom. The van der Waals surface area contributed by atoms with Crippen molar-refractivity contribution in [2.75, 3.05) is 10.6 Å². The number of anilines is 2. The van der Waals surface area contributed by atoms with E-state index < -0.39 is 34.7 Å². The first-order chi connectivity index (χ1) is 12.7. The minimum Gasteiger partial charge on any atom is -0.371 e. The summed E-state index contributed by atoms with van der Waals surface area (Å²) < 4.78 is 52.5. The van der Waals surface area contributed by atoms with E-state index in [-0.39, 0.29) is 5.69 Å². The number of nitrogens with zero attached hydrogens (tertiary/aromatic N) is 2. The molecule has 1 saturated carbocycles. The Balaban J connectivity index is 1.82. The van der Waals surface area contributed by atoms with Gasteiger partial charge < -0.3 is 10.6 Å². The monoisotopic (exact) mass is 378 g/mol. The van der Waals surface area contributed by atoms with Crippen LogP contribution in [0.3, 0.4) is 0 Å². The van der Waals surface area contributed by atoms with Crippen LogP contribution in [0.15, 0.2) is 36.5 Å².